The third-order valence-electron chi connectivity index (χ3n) is 3.93. The minimum Gasteiger partial charge on any atom is -0.396 e. The standard InChI is InChI=1S/C12H22O2/c1-11(2,8-13)10-4-6-12(3,9-14)7-5-10/h8,10,14H,4-7,9H2,1-3H3. The zero-order valence-corrected chi connectivity index (χ0v) is 9.55. The Labute approximate surface area is 86.7 Å². The van der Waals surface area contributed by atoms with E-state index in [1.807, 2.05) is 13.8 Å². The molecule has 0 spiro atoms. The summed E-state index contributed by atoms with van der Waals surface area (Å²) in [5, 5.41) is 9.23. The first kappa shape index (κ1) is 11.7. The molecule has 1 fully saturated rings. The average molecular weight is 198 g/mol. The summed E-state index contributed by atoms with van der Waals surface area (Å²) >= 11 is 0. The highest BCUT2D eigenvalue weighted by Gasteiger charge is 2.37. The van der Waals surface area contributed by atoms with Gasteiger partial charge in [0.15, 0.2) is 0 Å². The van der Waals surface area contributed by atoms with Gasteiger partial charge >= 0.3 is 0 Å². The number of carbonyl (C=O) groups excluding carboxylic acids is 1. The van der Waals surface area contributed by atoms with Crippen molar-refractivity contribution in [1.29, 1.82) is 0 Å². The monoisotopic (exact) mass is 198 g/mol. The zero-order chi connectivity index (χ0) is 10.8. The number of carbonyl (C=O) groups is 1. The van der Waals surface area contributed by atoms with Gasteiger partial charge in [0, 0.05) is 12.0 Å². The van der Waals surface area contributed by atoms with Gasteiger partial charge in [-0.15, -0.1) is 0 Å². The summed E-state index contributed by atoms with van der Waals surface area (Å²) in [5.41, 5.74) is -0.0771. The number of aliphatic hydroxyl groups is 1. The molecule has 0 aromatic rings. The molecule has 2 heteroatoms. The van der Waals surface area contributed by atoms with E-state index in [9.17, 15) is 9.90 Å². The van der Waals surface area contributed by atoms with Crippen molar-refractivity contribution in [3.63, 3.8) is 0 Å². The van der Waals surface area contributed by atoms with Crippen molar-refractivity contribution >= 4 is 6.29 Å². The summed E-state index contributed by atoms with van der Waals surface area (Å²) in [7, 11) is 0. The molecule has 0 aromatic heterocycles. The van der Waals surface area contributed by atoms with Crippen molar-refractivity contribution in [2.24, 2.45) is 16.7 Å². The molecule has 1 rings (SSSR count). The highest BCUT2D eigenvalue weighted by molar-refractivity contribution is 5.58. The Hall–Kier alpha value is -0.370. The molecule has 0 unspecified atom stereocenters. The van der Waals surface area contributed by atoms with E-state index in [1.54, 1.807) is 0 Å². The number of aliphatic hydroxyl groups excluding tert-OH is 1. The third-order valence-corrected chi connectivity index (χ3v) is 3.93. The molecule has 1 N–H and O–H groups in total. The molecule has 0 aliphatic heterocycles. The largest absolute Gasteiger partial charge is 0.396 e. The quantitative estimate of drug-likeness (QED) is 0.707. The smallest absolute Gasteiger partial charge is 0.125 e. The van der Waals surface area contributed by atoms with Crippen LogP contribution in [-0.2, 0) is 4.79 Å². The Balaban J connectivity index is 2.55. The number of hydrogen-bond donors (Lipinski definition) is 1. The molecule has 0 bridgehead atoms. The topological polar surface area (TPSA) is 37.3 Å². The first-order valence-corrected chi connectivity index (χ1v) is 5.51. The number of hydrogen-bond acceptors (Lipinski definition) is 2. The summed E-state index contributed by atoms with van der Waals surface area (Å²) < 4.78 is 0. The predicted molar refractivity (Wildman–Crippen MR) is 57.0 cm³/mol. The molecular formula is C12H22O2. The van der Waals surface area contributed by atoms with Gasteiger partial charge in [0.05, 0.1) is 0 Å². The van der Waals surface area contributed by atoms with E-state index in [0.29, 0.717) is 5.92 Å². The van der Waals surface area contributed by atoms with Crippen LogP contribution in [0, 0.1) is 16.7 Å². The minimum atomic E-state index is -0.184. The lowest BCUT2D eigenvalue weighted by Gasteiger charge is -2.40. The van der Waals surface area contributed by atoms with Crippen molar-refractivity contribution in [2.75, 3.05) is 6.61 Å². The minimum absolute atomic E-state index is 0.107. The highest BCUT2D eigenvalue weighted by atomic mass is 16.3. The molecule has 82 valence electrons. The molecule has 0 amide bonds. The van der Waals surface area contributed by atoms with Gasteiger partial charge in [0.1, 0.15) is 6.29 Å². The number of aldehydes is 1. The number of rotatable bonds is 3. The van der Waals surface area contributed by atoms with Crippen LogP contribution in [0.15, 0.2) is 0 Å². The Bertz CT molecular complexity index is 200. The van der Waals surface area contributed by atoms with Gasteiger partial charge < -0.3 is 9.90 Å². The van der Waals surface area contributed by atoms with Crippen LogP contribution in [0.1, 0.15) is 46.5 Å². The van der Waals surface area contributed by atoms with Crippen LogP contribution in [0.25, 0.3) is 0 Å². The van der Waals surface area contributed by atoms with Crippen LogP contribution in [0.4, 0.5) is 0 Å². The highest BCUT2D eigenvalue weighted by Crippen LogP contribution is 2.44. The van der Waals surface area contributed by atoms with E-state index in [1.165, 1.54) is 0 Å². The van der Waals surface area contributed by atoms with E-state index in [2.05, 4.69) is 6.92 Å². The fourth-order valence-electron chi connectivity index (χ4n) is 2.31. The Kier molecular flexibility index (Phi) is 3.36. The molecule has 14 heavy (non-hydrogen) atoms. The van der Waals surface area contributed by atoms with E-state index in [-0.39, 0.29) is 17.4 Å². The molecule has 2 nitrogen and oxygen atoms in total. The summed E-state index contributed by atoms with van der Waals surface area (Å²) in [4.78, 5) is 10.9. The van der Waals surface area contributed by atoms with Crippen molar-refractivity contribution < 1.29 is 9.90 Å². The van der Waals surface area contributed by atoms with E-state index in [4.69, 9.17) is 0 Å². The Morgan fingerprint density at radius 3 is 2.29 bits per heavy atom. The van der Waals surface area contributed by atoms with Crippen LogP contribution in [0.2, 0.25) is 0 Å². The van der Waals surface area contributed by atoms with Crippen molar-refractivity contribution in [1.82, 2.24) is 0 Å². The van der Waals surface area contributed by atoms with E-state index >= 15 is 0 Å². The lowest BCUT2D eigenvalue weighted by atomic mass is 9.65. The average Bonchev–Trinajstić information content (AvgIpc) is 2.19. The molecule has 1 aliphatic rings. The molecule has 0 heterocycles. The van der Waals surface area contributed by atoms with Gasteiger partial charge in [0.2, 0.25) is 0 Å². The molecule has 0 radical (unpaired) electrons. The van der Waals surface area contributed by atoms with Crippen LogP contribution >= 0.6 is 0 Å². The van der Waals surface area contributed by atoms with E-state index in [0.717, 1.165) is 32.0 Å². The molecular weight excluding hydrogens is 176 g/mol. The zero-order valence-electron chi connectivity index (χ0n) is 9.55. The predicted octanol–water partition coefficient (Wildman–Crippen LogP) is 2.40. The summed E-state index contributed by atoms with van der Waals surface area (Å²) in [6, 6.07) is 0. The van der Waals surface area contributed by atoms with Gasteiger partial charge in [0.25, 0.3) is 0 Å². The van der Waals surface area contributed by atoms with Crippen LogP contribution in [0.5, 0.6) is 0 Å². The Morgan fingerprint density at radius 2 is 1.93 bits per heavy atom. The van der Waals surface area contributed by atoms with Crippen molar-refractivity contribution in [3.05, 3.63) is 0 Å². The van der Waals surface area contributed by atoms with Gasteiger partial charge in [-0.25, -0.2) is 0 Å². The maximum absolute atomic E-state index is 10.9. The Morgan fingerprint density at radius 1 is 1.43 bits per heavy atom. The maximum Gasteiger partial charge on any atom is 0.125 e. The van der Waals surface area contributed by atoms with Crippen LogP contribution in [0.3, 0.4) is 0 Å². The third kappa shape index (κ3) is 2.35. The molecule has 0 saturated heterocycles. The molecule has 1 aliphatic carbocycles. The fraction of sp³-hybridized carbons (Fsp3) is 0.917. The second kappa shape index (κ2) is 4.01. The van der Waals surface area contributed by atoms with Crippen LogP contribution in [-0.4, -0.2) is 18.0 Å². The lowest BCUT2D eigenvalue weighted by molar-refractivity contribution is -0.118. The summed E-state index contributed by atoms with van der Waals surface area (Å²) in [5.74, 6) is 0.500. The van der Waals surface area contributed by atoms with Gasteiger partial charge in [-0.05, 0) is 37.0 Å². The first-order chi connectivity index (χ1) is 6.43. The van der Waals surface area contributed by atoms with Crippen molar-refractivity contribution in [3.8, 4) is 0 Å². The van der Waals surface area contributed by atoms with Crippen molar-refractivity contribution in [2.45, 2.75) is 46.5 Å². The normalized spacial score (nSPS) is 34.1. The van der Waals surface area contributed by atoms with E-state index < -0.39 is 0 Å². The van der Waals surface area contributed by atoms with Crippen LogP contribution < -0.4 is 0 Å². The summed E-state index contributed by atoms with van der Waals surface area (Å²) in [6.45, 7) is 6.46. The fourth-order valence-corrected chi connectivity index (χ4v) is 2.31. The summed E-state index contributed by atoms with van der Waals surface area (Å²) in [6.07, 6.45) is 5.32. The SMILES string of the molecule is CC1(CO)CCC(C(C)(C)C=O)CC1. The van der Waals surface area contributed by atoms with Gasteiger partial charge in [-0.3, -0.25) is 0 Å². The second-order valence-electron chi connectivity index (χ2n) is 5.68. The van der Waals surface area contributed by atoms with Gasteiger partial charge in [-0.2, -0.15) is 0 Å². The second-order valence-corrected chi connectivity index (χ2v) is 5.68. The van der Waals surface area contributed by atoms with Gasteiger partial charge in [-0.1, -0.05) is 20.8 Å². The first-order valence-electron chi connectivity index (χ1n) is 5.51. The molecule has 0 aromatic carbocycles. The lowest BCUT2D eigenvalue weighted by Crippen LogP contribution is -2.34. The maximum atomic E-state index is 10.9. The molecule has 0 atom stereocenters. The molecule has 1 saturated carbocycles.